The molecule has 6 nitrogen and oxygen atoms in total. The van der Waals surface area contributed by atoms with E-state index in [-0.39, 0.29) is 11.9 Å². The molecule has 0 spiro atoms. The molecule has 186 valence electrons. The van der Waals surface area contributed by atoms with E-state index in [1.54, 1.807) is 41.9 Å². The third kappa shape index (κ3) is 5.00. The Kier molecular flexibility index (Phi) is 6.30. The minimum Gasteiger partial charge on any atom is -0.455 e. The van der Waals surface area contributed by atoms with Crippen LogP contribution in [-0.2, 0) is 0 Å². The summed E-state index contributed by atoms with van der Waals surface area (Å²) in [6.07, 6.45) is 2.77. The molecule has 36 heavy (non-hydrogen) atoms. The van der Waals surface area contributed by atoms with E-state index in [1.165, 1.54) is 12.1 Å². The topological polar surface area (TPSA) is 67.7 Å². The summed E-state index contributed by atoms with van der Waals surface area (Å²) < 4.78 is 47.4. The molecule has 1 amide bonds. The third-order valence-corrected chi connectivity index (χ3v) is 6.08. The Morgan fingerprint density at radius 2 is 1.94 bits per heavy atom. The molecule has 2 heterocycles. The molecule has 2 aromatic heterocycles. The summed E-state index contributed by atoms with van der Waals surface area (Å²) >= 11 is 0. The van der Waals surface area contributed by atoms with Crippen LogP contribution in [0.3, 0.4) is 0 Å². The van der Waals surface area contributed by atoms with Crippen molar-refractivity contribution in [3.63, 3.8) is 0 Å². The van der Waals surface area contributed by atoms with Crippen LogP contribution in [0.25, 0.3) is 16.9 Å². The number of nitrogens with one attached hydrogen (secondary N) is 2. The molecule has 0 bridgehead atoms. The number of halogens is 3. The van der Waals surface area contributed by atoms with E-state index >= 15 is 0 Å². The Balaban J connectivity index is 1.55. The van der Waals surface area contributed by atoms with Gasteiger partial charge in [0.15, 0.2) is 5.65 Å². The van der Waals surface area contributed by atoms with Crippen LogP contribution in [0, 0.1) is 19.7 Å². The third-order valence-electron chi connectivity index (χ3n) is 6.08. The van der Waals surface area contributed by atoms with E-state index in [0.717, 1.165) is 29.5 Å². The molecule has 0 saturated heterocycles. The zero-order valence-electron chi connectivity index (χ0n) is 19.8. The molecule has 1 saturated carbocycles. The van der Waals surface area contributed by atoms with E-state index in [9.17, 15) is 18.0 Å². The first kappa shape index (κ1) is 23.7. The number of pyridine rings is 1. The number of carbonyl (C=O) groups is 1. The lowest BCUT2D eigenvalue weighted by atomic mass is 10.0. The molecular weight excluding hydrogens is 469 g/mol. The van der Waals surface area contributed by atoms with Crippen molar-refractivity contribution in [2.75, 3.05) is 11.9 Å². The van der Waals surface area contributed by atoms with Gasteiger partial charge in [0.2, 0.25) is 0 Å². The van der Waals surface area contributed by atoms with Crippen molar-refractivity contribution >= 4 is 17.2 Å². The predicted octanol–water partition coefficient (Wildman–Crippen LogP) is 6.12. The predicted molar refractivity (Wildman–Crippen MR) is 132 cm³/mol. The number of anilines is 1. The van der Waals surface area contributed by atoms with Crippen molar-refractivity contribution in [3.05, 3.63) is 77.4 Å². The number of aryl methyl sites for hydroxylation is 2. The molecule has 5 rings (SSSR count). The van der Waals surface area contributed by atoms with Crippen LogP contribution < -0.4 is 15.4 Å². The fourth-order valence-electron chi connectivity index (χ4n) is 4.03. The first-order valence-corrected chi connectivity index (χ1v) is 11.7. The van der Waals surface area contributed by atoms with Gasteiger partial charge in [0.1, 0.15) is 17.3 Å². The van der Waals surface area contributed by atoms with Gasteiger partial charge in [-0.1, -0.05) is 12.1 Å². The van der Waals surface area contributed by atoms with Gasteiger partial charge in [-0.25, -0.2) is 18.2 Å². The van der Waals surface area contributed by atoms with Gasteiger partial charge in [0.25, 0.3) is 12.3 Å². The number of imidazole rings is 1. The van der Waals surface area contributed by atoms with Crippen LogP contribution in [0.1, 0.15) is 34.3 Å². The lowest BCUT2D eigenvalue weighted by molar-refractivity contribution is 0.0950. The maximum absolute atomic E-state index is 13.8. The first-order chi connectivity index (χ1) is 17.3. The van der Waals surface area contributed by atoms with Crippen LogP contribution in [0.4, 0.5) is 18.9 Å². The Hall–Kier alpha value is -4.01. The number of aromatic nitrogens is 2. The van der Waals surface area contributed by atoms with Crippen LogP contribution in [0.5, 0.6) is 11.5 Å². The van der Waals surface area contributed by atoms with E-state index < -0.39 is 18.8 Å². The van der Waals surface area contributed by atoms with Crippen molar-refractivity contribution < 1.29 is 22.7 Å². The Labute approximate surface area is 206 Å². The molecule has 1 aliphatic carbocycles. The lowest BCUT2D eigenvalue weighted by Crippen LogP contribution is -2.26. The molecule has 2 N–H and O–H groups in total. The molecule has 9 heteroatoms. The van der Waals surface area contributed by atoms with Crippen LogP contribution in [0.2, 0.25) is 0 Å². The van der Waals surface area contributed by atoms with Crippen molar-refractivity contribution in [2.24, 2.45) is 0 Å². The zero-order valence-corrected chi connectivity index (χ0v) is 19.8. The van der Waals surface area contributed by atoms with Crippen molar-refractivity contribution in [2.45, 2.75) is 39.2 Å². The minimum absolute atomic E-state index is 0.0978. The second kappa shape index (κ2) is 9.56. The zero-order chi connectivity index (χ0) is 25.4. The number of nitrogens with zero attached hydrogens (tertiary/aromatic N) is 2. The standard InChI is InChI=1S/C27H25F3N4O2/c1-15-3-5-18(28)10-24(15)36-20-11-22(31-13-25(29)30)26-32-12-23(34(26)14-20)17-4-8-21(16(2)9-17)27(35)33-19-6-7-19/h3-5,8-12,14,19,25,31H,6-7,13H2,1-2H3,(H,33,35). The summed E-state index contributed by atoms with van der Waals surface area (Å²) in [5.74, 6) is 0.0960. The number of hydrogen-bond acceptors (Lipinski definition) is 4. The van der Waals surface area contributed by atoms with Crippen molar-refractivity contribution in [3.8, 4) is 22.8 Å². The van der Waals surface area contributed by atoms with Crippen LogP contribution in [-0.4, -0.2) is 34.3 Å². The number of carbonyl (C=O) groups excluding carboxylic acids is 1. The molecule has 0 radical (unpaired) electrons. The number of alkyl halides is 2. The summed E-state index contributed by atoms with van der Waals surface area (Å²) in [5.41, 5.74) is 4.39. The fraction of sp³-hybridized carbons (Fsp3) is 0.259. The smallest absolute Gasteiger partial charge is 0.255 e. The van der Waals surface area contributed by atoms with Crippen LogP contribution >= 0.6 is 0 Å². The highest BCUT2D eigenvalue weighted by atomic mass is 19.3. The summed E-state index contributed by atoms with van der Waals surface area (Å²) in [4.78, 5) is 17.0. The quantitative estimate of drug-likeness (QED) is 0.310. The molecular formula is C27H25F3N4O2. The Bertz CT molecular complexity index is 1450. The van der Waals surface area contributed by atoms with Gasteiger partial charge >= 0.3 is 0 Å². The van der Waals surface area contributed by atoms with Crippen molar-refractivity contribution in [1.29, 1.82) is 0 Å². The summed E-state index contributed by atoms with van der Waals surface area (Å²) in [5, 5.41) is 5.72. The van der Waals surface area contributed by atoms with Gasteiger partial charge in [0.05, 0.1) is 30.3 Å². The average Bonchev–Trinajstić information content (AvgIpc) is 3.54. The average molecular weight is 495 g/mol. The van der Waals surface area contributed by atoms with E-state index in [0.29, 0.717) is 34.1 Å². The second-order valence-corrected chi connectivity index (χ2v) is 8.99. The van der Waals surface area contributed by atoms with E-state index in [2.05, 4.69) is 15.6 Å². The molecule has 1 fully saturated rings. The Morgan fingerprint density at radius 3 is 2.67 bits per heavy atom. The second-order valence-electron chi connectivity index (χ2n) is 8.99. The summed E-state index contributed by atoms with van der Waals surface area (Å²) in [7, 11) is 0. The molecule has 0 unspecified atom stereocenters. The monoisotopic (exact) mass is 494 g/mol. The molecule has 1 aliphatic rings. The van der Waals surface area contributed by atoms with E-state index in [1.807, 2.05) is 19.1 Å². The molecule has 4 aromatic rings. The number of benzene rings is 2. The highest BCUT2D eigenvalue weighted by Gasteiger charge is 2.24. The van der Waals surface area contributed by atoms with Gasteiger partial charge < -0.3 is 15.4 Å². The first-order valence-electron chi connectivity index (χ1n) is 11.7. The van der Waals surface area contributed by atoms with Crippen LogP contribution in [0.15, 0.2) is 54.9 Å². The SMILES string of the molecule is Cc1ccc(F)cc1Oc1cc(NCC(F)F)c2ncc(-c3ccc(C(=O)NC4CC4)c(C)c3)n2c1. The maximum atomic E-state index is 13.8. The number of amides is 1. The lowest BCUT2D eigenvalue weighted by Gasteiger charge is -2.14. The minimum atomic E-state index is -2.56. The summed E-state index contributed by atoms with van der Waals surface area (Å²) in [6, 6.07) is 11.5. The number of fused-ring (bicyclic) bond motifs is 1. The number of ether oxygens (including phenoxy) is 1. The molecule has 2 aromatic carbocycles. The van der Waals surface area contributed by atoms with Gasteiger partial charge in [-0.05, 0) is 56.0 Å². The number of hydrogen-bond donors (Lipinski definition) is 2. The van der Waals surface area contributed by atoms with Gasteiger partial charge in [-0.3, -0.25) is 9.20 Å². The fourth-order valence-corrected chi connectivity index (χ4v) is 4.03. The van der Waals surface area contributed by atoms with Gasteiger partial charge in [-0.15, -0.1) is 0 Å². The Morgan fingerprint density at radius 1 is 1.14 bits per heavy atom. The maximum Gasteiger partial charge on any atom is 0.255 e. The van der Waals surface area contributed by atoms with Gasteiger partial charge in [0, 0.05) is 29.3 Å². The van der Waals surface area contributed by atoms with Gasteiger partial charge in [-0.2, -0.15) is 0 Å². The van der Waals surface area contributed by atoms with E-state index in [4.69, 9.17) is 4.74 Å². The number of rotatable bonds is 8. The summed E-state index contributed by atoms with van der Waals surface area (Å²) in [6.45, 7) is 3.09. The normalized spacial score (nSPS) is 13.3. The highest BCUT2D eigenvalue weighted by Crippen LogP contribution is 2.33. The largest absolute Gasteiger partial charge is 0.455 e. The van der Waals surface area contributed by atoms with Crippen molar-refractivity contribution in [1.82, 2.24) is 14.7 Å². The molecule has 0 atom stereocenters. The highest BCUT2D eigenvalue weighted by molar-refractivity contribution is 5.96. The molecule has 0 aliphatic heterocycles.